The third-order valence-corrected chi connectivity index (χ3v) is 2.76. The fourth-order valence-corrected chi connectivity index (χ4v) is 1.90. The van der Waals surface area contributed by atoms with Crippen LogP contribution in [-0.2, 0) is 4.74 Å². The summed E-state index contributed by atoms with van der Waals surface area (Å²) >= 11 is 0. The maximum absolute atomic E-state index is 8.84. The average molecular weight is 229 g/mol. The average Bonchev–Trinajstić information content (AvgIpc) is 2.82. The van der Waals surface area contributed by atoms with E-state index in [1.165, 1.54) is 0 Å². The van der Waals surface area contributed by atoms with Crippen molar-refractivity contribution in [1.82, 2.24) is 4.98 Å². The van der Waals surface area contributed by atoms with Gasteiger partial charge in [0.2, 0.25) is 0 Å². The summed E-state index contributed by atoms with van der Waals surface area (Å²) in [6, 6.07) is 10.3. The van der Waals surface area contributed by atoms with Gasteiger partial charge < -0.3 is 14.1 Å². The van der Waals surface area contributed by atoms with Crippen LogP contribution in [0, 0.1) is 11.3 Å². The molecule has 5 nitrogen and oxygen atoms in total. The standard InChI is InChI=1S/C12H11N3O2/c13-7-9-8-15(5-6-16-9)12-14-10-3-1-2-4-11(10)17-12/h1-4,9H,5-6,8H2. The van der Waals surface area contributed by atoms with Crippen LogP contribution in [0.1, 0.15) is 0 Å². The summed E-state index contributed by atoms with van der Waals surface area (Å²) in [5, 5.41) is 8.84. The van der Waals surface area contributed by atoms with Gasteiger partial charge in [-0.25, -0.2) is 0 Å². The van der Waals surface area contributed by atoms with Gasteiger partial charge in [-0.15, -0.1) is 0 Å². The smallest absolute Gasteiger partial charge is 0.298 e. The maximum Gasteiger partial charge on any atom is 0.298 e. The summed E-state index contributed by atoms with van der Waals surface area (Å²) in [6.07, 6.45) is -0.404. The van der Waals surface area contributed by atoms with Gasteiger partial charge in [-0.2, -0.15) is 10.2 Å². The molecule has 1 aliphatic rings. The number of nitrogens with zero attached hydrogens (tertiary/aromatic N) is 3. The molecule has 1 unspecified atom stereocenters. The number of anilines is 1. The zero-order valence-corrected chi connectivity index (χ0v) is 9.17. The molecular weight excluding hydrogens is 218 g/mol. The van der Waals surface area contributed by atoms with Gasteiger partial charge in [0.1, 0.15) is 5.52 Å². The number of para-hydroxylation sites is 2. The second-order valence-corrected chi connectivity index (χ2v) is 3.90. The Morgan fingerprint density at radius 2 is 2.29 bits per heavy atom. The molecular formula is C12H11N3O2. The van der Waals surface area contributed by atoms with E-state index in [1.54, 1.807) is 0 Å². The van der Waals surface area contributed by atoms with Crippen molar-refractivity contribution in [3.05, 3.63) is 24.3 Å². The zero-order valence-electron chi connectivity index (χ0n) is 9.17. The molecule has 86 valence electrons. The molecule has 1 saturated heterocycles. The van der Waals surface area contributed by atoms with Crippen molar-refractivity contribution >= 4 is 17.1 Å². The summed E-state index contributed by atoms with van der Waals surface area (Å²) in [7, 11) is 0. The maximum atomic E-state index is 8.84. The Balaban J connectivity index is 1.90. The lowest BCUT2D eigenvalue weighted by molar-refractivity contribution is 0.0745. The predicted molar refractivity (Wildman–Crippen MR) is 61.6 cm³/mol. The third kappa shape index (κ3) is 1.83. The first-order valence-corrected chi connectivity index (χ1v) is 5.48. The minimum Gasteiger partial charge on any atom is -0.423 e. The number of oxazole rings is 1. The van der Waals surface area contributed by atoms with Crippen molar-refractivity contribution in [3.8, 4) is 6.07 Å². The molecule has 0 bridgehead atoms. The molecule has 1 aliphatic heterocycles. The number of aromatic nitrogens is 1. The fourth-order valence-electron chi connectivity index (χ4n) is 1.90. The second kappa shape index (κ2) is 4.07. The van der Waals surface area contributed by atoms with Crippen molar-refractivity contribution in [2.45, 2.75) is 6.10 Å². The summed E-state index contributed by atoms with van der Waals surface area (Å²) in [5.41, 5.74) is 1.60. The number of fused-ring (bicyclic) bond motifs is 1. The summed E-state index contributed by atoms with van der Waals surface area (Å²) in [4.78, 5) is 6.34. The lowest BCUT2D eigenvalue weighted by atomic mass is 10.3. The molecule has 2 heterocycles. The van der Waals surface area contributed by atoms with Crippen LogP contribution in [0.4, 0.5) is 6.01 Å². The van der Waals surface area contributed by atoms with Crippen molar-refractivity contribution in [2.24, 2.45) is 0 Å². The molecule has 3 rings (SSSR count). The summed E-state index contributed by atoms with van der Waals surface area (Å²) in [6.45, 7) is 1.73. The zero-order chi connectivity index (χ0) is 11.7. The molecule has 1 aromatic carbocycles. The number of hydrogen-bond donors (Lipinski definition) is 0. The van der Waals surface area contributed by atoms with E-state index in [0.717, 1.165) is 11.1 Å². The fraction of sp³-hybridized carbons (Fsp3) is 0.333. The van der Waals surface area contributed by atoms with Crippen LogP contribution in [0.2, 0.25) is 0 Å². The molecule has 0 N–H and O–H groups in total. The first-order chi connectivity index (χ1) is 8.36. The SMILES string of the molecule is N#CC1CN(c2nc3ccccc3o2)CCO1. The molecule has 0 saturated carbocycles. The first-order valence-electron chi connectivity index (χ1n) is 5.48. The number of hydrogen-bond acceptors (Lipinski definition) is 5. The van der Waals surface area contributed by atoms with Gasteiger partial charge in [0.15, 0.2) is 11.7 Å². The number of ether oxygens (including phenoxy) is 1. The van der Waals surface area contributed by atoms with Crippen molar-refractivity contribution in [2.75, 3.05) is 24.6 Å². The minimum atomic E-state index is -0.404. The van der Waals surface area contributed by atoms with Crippen LogP contribution >= 0.6 is 0 Å². The van der Waals surface area contributed by atoms with Gasteiger partial charge in [-0.05, 0) is 12.1 Å². The Kier molecular flexibility index (Phi) is 2.42. The highest BCUT2D eigenvalue weighted by Crippen LogP contribution is 2.22. The number of morpholine rings is 1. The topological polar surface area (TPSA) is 62.3 Å². The summed E-state index contributed by atoms with van der Waals surface area (Å²) in [5.74, 6) is 0. The van der Waals surface area contributed by atoms with E-state index >= 15 is 0 Å². The van der Waals surface area contributed by atoms with Gasteiger partial charge in [0.25, 0.3) is 6.01 Å². The monoisotopic (exact) mass is 229 g/mol. The van der Waals surface area contributed by atoms with E-state index in [4.69, 9.17) is 14.4 Å². The van der Waals surface area contributed by atoms with E-state index in [-0.39, 0.29) is 0 Å². The van der Waals surface area contributed by atoms with E-state index in [2.05, 4.69) is 11.1 Å². The molecule has 0 aliphatic carbocycles. The molecule has 2 aromatic rings. The molecule has 1 atom stereocenters. The molecule has 5 heteroatoms. The van der Waals surface area contributed by atoms with E-state index in [9.17, 15) is 0 Å². The summed E-state index contributed by atoms with van der Waals surface area (Å²) < 4.78 is 10.9. The molecule has 1 aromatic heterocycles. The highest BCUT2D eigenvalue weighted by molar-refractivity contribution is 5.74. The van der Waals surface area contributed by atoms with Gasteiger partial charge in [-0.1, -0.05) is 12.1 Å². The number of rotatable bonds is 1. The minimum absolute atomic E-state index is 0.404. The first kappa shape index (κ1) is 10.1. The van der Waals surface area contributed by atoms with Gasteiger partial charge in [-0.3, -0.25) is 0 Å². The highest BCUT2D eigenvalue weighted by atomic mass is 16.5. The van der Waals surface area contributed by atoms with Crippen LogP contribution in [0.25, 0.3) is 11.1 Å². The van der Waals surface area contributed by atoms with Crippen LogP contribution in [0.15, 0.2) is 28.7 Å². The van der Waals surface area contributed by atoms with Gasteiger partial charge in [0.05, 0.1) is 19.2 Å². The predicted octanol–water partition coefficient (Wildman–Crippen LogP) is 1.56. The lowest BCUT2D eigenvalue weighted by Gasteiger charge is -2.28. The Labute approximate surface area is 98.2 Å². The second-order valence-electron chi connectivity index (χ2n) is 3.90. The molecule has 17 heavy (non-hydrogen) atoms. The van der Waals surface area contributed by atoms with E-state index in [1.807, 2.05) is 29.2 Å². The van der Waals surface area contributed by atoms with Gasteiger partial charge >= 0.3 is 0 Å². The van der Waals surface area contributed by atoms with E-state index in [0.29, 0.717) is 25.7 Å². The van der Waals surface area contributed by atoms with Crippen LogP contribution < -0.4 is 4.90 Å². The van der Waals surface area contributed by atoms with Crippen molar-refractivity contribution < 1.29 is 9.15 Å². The third-order valence-electron chi connectivity index (χ3n) is 2.76. The van der Waals surface area contributed by atoms with Gasteiger partial charge in [0, 0.05) is 6.54 Å². The number of benzene rings is 1. The Hall–Kier alpha value is -2.06. The highest BCUT2D eigenvalue weighted by Gasteiger charge is 2.23. The number of nitriles is 1. The van der Waals surface area contributed by atoms with Crippen molar-refractivity contribution in [1.29, 1.82) is 5.26 Å². The molecule has 0 spiro atoms. The van der Waals surface area contributed by atoms with Crippen LogP contribution in [-0.4, -0.2) is 30.8 Å². The van der Waals surface area contributed by atoms with E-state index < -0.39 is 6.10 Å². The molecule has 1 fully saturated rings. The Morgan fingerprint density at radius 1 is 1.41 bits per heavy atom. The van der Waals surface area contributed by atoms with Crippen LogP contribution in [0.5, 0.6) is 0 Å². The lowest BCUT2D eigenvalue weighted by Crippen LogP contribution is -2.42. The Bertz CT molecular complexity index is 539. The molecule has 0 amide bonds. The largest absolute Gasteiger partial charge is 0.423 e. The normalized spacial score (nSPS) is 20.4. The van der Waals surface area contributed by atoms with Crippen LogP contribution in [0.3, 0.4) is 0 Å². The Morgan fingerprint density at radius 3 is 3.12 bits per heavy atom. The molecule has 0 radical (unpaired) electrons. The quantitative estimate of drug-likeness (QED) is 0.742. The van der Waals surface area contributed by atoms with Crippen molar-refractivity contribution in [3.63, 3.8) is 0 Å².